The fourth-order valence-corrected chi connectivity index (χ4v) is 9.98. The smallest absolute Gasteiger partial charge is 0.0882 e. The SMILES string of the molecule is CC(C1CC1)C(C1CC1)C(O)C(C1CC1)C(C1CC1)C(O)C(C1CC1)C(C1CC1)C(C1CC1)C(C)(O)CO. The summed E-state index contributed by atoms with van der Waals surface area (Å²) in [5, 5.41) is 46.8. The van der Waals surface area contributed by atoms with Crippen molar-refractivity contribution < 1.29 is 20.4 Å². The van der Waals surface area contributed by atoms with Gasteiger partial charge in [-0.3, -0.25) is 0 Å². The largest absolute Gasteiger partial charge is 0.393 e. The third-order valence-electron chi connectivity index (χ3n) is 12.9. The Labute approximate surface area is 231 Å². The Morgan fingerprint density at radius 2 is 0.842 bits per heavy atom. The Kier molecular flexibility index (Phi) is 7.02. The Balaban J connectivity index is 1.20. The van der Waals surface area contributed by atoms with Crippen molar-refractivity contribution in [2.75, 3.05) is 6.61 Å². The summed E-state index contributed by atoms with van der Waals surface area (Å²) in [6.07, 6.45) is 16.7. The molecule has 0 radical (unpaired) electrons. The lowest BCUT2D eigenvalue weighted by Crippen LogP contribution is -2.52. The lowest BCUT2D eigenvalue weighted by atomic mass is 9.61. The highest BCUT2D eigenvalue weighted by Crippen LogP contribution is 2.63. The second kappa shape index (κ2) is 9.99. The van der Waals surface area contributed by atoms with Gasteiger partial charge in [0.2, 0.25) is 0 Å². The van der Waals surface area contributed by atoms with E-state index in [4.69, 9.17) is 0 Å². The van der Waals surface area contributed by atoms with Gasteiger partial charge in [-0.05, 0) is 180 Å². The van der Waals surface area contributed by atoms with Crippen LogP contribution in [0.15, 0.2) is 0 Å². The van der Waals surface area contributed by atoms with Gasteiger partial charge in [0.15, 0.2) is 0 Å². The number of hydrogen-bond donors (Lipinski definition) is 4. The van der Waals surface area contributed by atoms with E-state index in [1.807, 2.05) is 6.92 Å². The van der Waals surface area contributed by atoms with Gasteiger partial charge >= 0.3 is 0 Å². The fourth-order valence-electron chi connectivity index (χ4n) is 9.98. The standard InChI is InChI=1S/C34H56O4/c1-18(19-3-4-19)26(20-5-6-20)32(36)29(23-11-12-23)30(24-13-14-24)33(37)28(22-9-10-22)27(21-7-8-21)31(25-15-16-25)34(2,38)17-35/h18-33,35-38H,3-17H2,1-2H3. The molecule has 0 bridgehead atoms. The maximum atomic E-state index is 12.7. The maximum absolute atomic E-state index is 12.7. The minimum Gasteiger partial charge on any atom is -0.393 e. The summed E-state index contributed by atoms with van der Waals surface area (Å²) < 4.78 is 0. The highest BCUT2D eigenvalue weighted by atomic mass is 16.3. The zero-order valence-corrected chi connectivity index (χ0v) is 24.1. The van der Waals surface area contributed by atoms with Crippen LogP contribution in [0.4, 0.5) is 0 Å². The summed E-state index contributed by atoms with van der Waals surface area (Å²) in [6, 6.07) is 0. The molecule has 7 rings (SSSR count). The molecule has 7 aliphatic rings. The Bertz CT molecular complexity index is 829. The van der Waals surface area contributed by atoms with Crippen LogP contribution in [0, 0.1) is 82.9 Å². The van der Waals surface area contributed by atoms with Crippen LogP contribution < -0.4 is 0 Å². The summed E-state index contributed by atoms with van der Waals surface area (Å²) in [4.78, 5) is 0. The zero-order chi connectivity index (χ0) is 26.3. The number of aliphatic hydroxyl groups is 4. The van der Waals surface area contributed by atoms with Crippen LogP contribution in [0.1, 0.15) is 104 Å². The van der Waals surface area contributed by atoms with E-state index < -0.39 is 5.60 Å². The van der Waals surface area contributed by atoms with Crippen LogP contribution in [-0.2, 0) is 0 Å². The van der Waals surface area contributed by atoms with Gasteiger partial charge in [0.1, 0.15) is 0 Å². The molecule has 216 valence electrons. The second-order valence-electron chi connectivity index (χ2n) is 16.1. The van der Waals surface area contributed by atoms with E-state index in [9.17, 15) is 20.4 Å². The summed E-state index contributed by atoms with van der Waals surface area (Å²) in [5.41, 5.74) is -1.07. The normalized spacial score (nSPS) is 34.9. The molecule has 0 amide bonds. The highest BCUT2D eigenvalue weighted by molar-refractivity contribution is 5.10. The number of rotatable bonds is 17. The third-order valence-corrected chi connectivity index (χ3v) is 12.9. The first-order valence-electron chi connectivity index (χ1n) is 17.0. The van der Waals surface area contributed by atoms with Crippen LogP contribution >= 0.6 is 0 Å². The van der Waals surface area contributed by atoms with Crippen molar-refractivity contribution in [3.05, 3.63) is 0 Å². The van der Waals surface area contributed by atoms with E-state index in [2.05, 4.69) is 6.92 Å². The van der Waals surface area contributed by atoms with Gasteiger partial charge in [0.25, 0.3) is 0 Å². The molecule has 0 heterocycles. The molecule has 0 aliphatic heterocycles. The molecule has 4 N–H and O–H groups in total. The first-order valence-corrected chi connectivity index (χ1v) is 17.0. The molecule has 0 aromatic rings. The molecule has 7 aliphatic carbocycles. The van der Waals surface area contributed by atoms with Crippen molar-refractivity contribution in [1.82, 2.24) is 0 Å². The summed E-state index contributed by atoms with van der Waals surface area (Å²) in [6.45, 7) is 4.13. The number of hydrogen-bond acceptors (Lipinski definition) is 4. The van der Waals surface area contributed by atoms with Crippen molar-refractivity contribution in [3.8, 4) is 0 Å². The minimum absolute atomic E-state index is 0.0958. The maximum Gasteiger partial charge on any atom is 0.0882 e. The molecular formula is C34H56O4. The Hall–Kier alpha value is -0.160. The molecule has 38 heavy (non-hydrogen) atoms. The first kappa shape index (κ1) is 26.7. The van der Waals surface area contributed by atoms with Crippen LogP contribution in [-0.4, -0.2) is 44.8 Å². The zero-order valence-electron chi connectivity index (χ0n) is 24.1. The highest BCUT2D eigenvalue weighted by Gasteiger charge is 2.61. The predicted molar refractivity (Wildman–Crippen MR) is 149 cm³/mol. The van der Waals surface area contributed by atoms with E-state index in [1.54, 1.807) is 0 Å². The third kappa shape index (κ3) is 5.39. The molecule has 7 fully saturated rings. The van der Waals surface area contributed by atoms with Gasteiger partial charge in [0.05, 0.1) is 24.4 Å². The van der Waals surface area contributed by atoms with Gasteiger partial charge in [0, 0.05) is 0 Å². The minimum atomic E-state index is -1.07. The Morgan fingerprint density at radius 3 is 1.21 bits per heavy atom. The van der Waals surface area contributed by atoms with Crippen LogP contribution in [0.25, 0.3) is 0 Å². The van der Waals surface area contributed by atoms with Crippen molar-refractivity contribution >= 4 is 0 Å². The monoisotopic (exact) mass is 528 g/mol. The van der Waals surface area contributed by atoms with Crippen molar-refractivity contribution in [1.29, 1.82) is 0 Å². The number of aliphatic hydroxyl groups excluding tert-OH is 3. The summed E-state index contributed by atoms with van der Waals surface area (Å²) in [5.74, 6) is 6.50. The summed E-state index contributed by atoms with van der Waals surface area (Å²) in [7, 11) is 0. The van der Waals surface area contributed by atoms with Crippen molar-refractivity contribution in [3.63, 3.8) is 0 Å². The van der Waals surface area contributed by atoms with Gasteiger partial charge in [-0.1, -0.05) is 6.92 Å². The average molecular weight is 529 g/mol. The molecule has 10 unspecified atom stereocenters. The lowest BCUT2D eigenvalue weighted by Gasteiger charge is -2.47. The van der Waals surface area contributed by atoms with E-state index in [0.29, 0.717) is 53.3 Å². The lowest BCUT2D eigenvalue weighted by molar-refractivity contribution is -0.124. The average Bonchev–Trinajstić information content (AvgIpc) is 3.71. The quantitative estimate of drug-likeness (QED) is 0.197. The Morgan fingerprint density at radius 1 is 0.526 bits per heavy atom. The van der Waals surface area contributed by atoms with E-state index >= 15 is 0 Å². The molecule has 0 saturated heterocycles. The molecule has 10 atom stereocenters. The van der Waals surface area contributed by atoms with Crippen LogP contribution in [0.5, 0.6) is 0 Å². The molecule has 4 heteroatoms. The van der Waals surface area contributed by atoms with Gasteiger partial charge in [-0.2, -0.15) is 0 Å². The molecule has 0 aromatic heterocycles. The van der Waals surface area contributed by atoms with E-state index in [1.165, 1.54) is 77.0 Å². The van der Waals surface area contributed by atoms with Gasteiger partial charge < -0.3 is 20.4 Å². The van der Waals surface area contributed by atoms with Crippen LogP contribution in [0.2, 0.25) is 0 Å². The van der Waals surface area contributed by atoms with E-state index in [0.717, 1.165) is 18.8 Å². The summed E-state index contributed by atoms with van der Waals surface area (Å²) >= 11 is 0. The molecular weight excluding hydrogens is 472 g/mol. The van der Waals surface area contributed by atoms with Gasteiger partial charge in [-0.25, -0.2) is 0 Å². The predicted octanol–water partition coefficient (Wildman–Crippen LogP) is 5.65. The molecule has 4 nitrogen and oxygen atoms in total. The fraction of sp³-hybridized carbons (Fsp3) is 1.00. The topological polar surface area (TPSA) is 80.9 Å². The van der Waals surface area contributed by atoms with Gasteiger partial charge in [-0.15, -0.1) is 0 Å². The molecule has 7 saturated carbocycles. The first-order chi connectivity index (χ1) is 18.3. The van der Waals surface area contributed by atoms with Crippen molar-refractivity contribution in [2.45, 2.75) is 122 Å². The molecule has 0 spiro atoms. The second-order valence-corrected chi connectivity index (χ2v) is 16.1. The van der Waals surface area contributed by atoms with Crippen molar-refractivity contribution in [2.24, 2.45) is 82.9 Å². The van der Waals surface area contributed by atoms with Crippen LogP contribution in [0.3, 0.4) is 0 Å². The van der Waals surface area contributed by atoms with E-state index in [-0.39, 0.29) is 42.5 Å². The molecule has 0 aromatic carbocycles.